The van der Waals surface area contributed by atoms with Gasteiger partial charge >= 0.3 is 0 Å². The summed E-state index contributed by atoms with van der Waals surface area (Å²) < 4.78 is 0. The molecule has 1 aromatic heterocycles. The summed E-state index contributed by atoms with van der Waals surface area (Å²) in [7, 11) is 0. The number of anilines is 1. The third-order valence-electron chi connectivity index (χ3n) is 2.43. The third-order valence-corrected chi connectivity index (χ3v) is 5.22. The molecule has 0 aliphatic rings. The number of amides is 1. The van der Waals surface area contributed by atoms with Crippen LogP contribution >= 0.6 is 34.9 Å². The summed E-state index contributed by atoms with van der Waals surface area (Å²) >= 11 is 5.06. The Kier molecular flexibility index (Phi) is 5.82. The van der Waals surface area contributed by atoms with Gasteiger partial charge < -0.3 is 5.32 Å². The average molecular weight is 309 g/mol. The highest BCUT2D eigenvalue weighted by Gasteiger charge is 2.03. The predicted molar refractivity (Wildman–Crippen MR) is 87.3 cm³/mol. The lowest BCUT2D eigenvalue weighted by Gasteiger charge is -2.05. The van der Waals surface area contributed by atoms with E-state index >= 15 is 0 Å². The van der Waals surface area contributed by atoms with E-state index in [0.29, 0.717) is 5.75 Å². The van der Waals surface area contributed by atoms with Crippen molar-refractivity contribution in [3.8, 4) is 0 Å². The lowest BCUT2D eigenvalue weighted by atomic mass is 10.3. The van der Waals surface area contributed by atoms with Crippen molar-refractivity contribution in [2.45, 2.75) is 10.6 Å². The average Bonchev–Trinajstić information content (AvgIpc) is 2.93. The minimum atomic E-state index is 0.0541. The van der Waals surface area contributed by atoms with Crippen molar-refractivity contribution in [1.29, 1.82) is 0 Å². The number of thiophene rings is 1. The second kappa shape index (κ2) is 7.62. The fraction of sp³-hybridized carbons (Fsp3) is 0.214. The van der Waals surface area contributed by atoms with Crippen LogP contribution in [0.5, 0.6) is 0 Å². The number of hydrogen-bond acceptors (Lipinski definition) is 4. The van der Waals surface area contributed by atoms with Crippen molar-refractivity contribution in [3.05, 3.63) is 46.7 Å². The van der Waals surface area contributed by atoms with Crippen molar-refractivity contribution < 1.29 is 4.79 Å². The van der Waals surface area contributed by atoms with Crippen LogP contribution in [0.25, 0.3) is 0 Å². The van der Waals surface area contributed by atoms with E-state index in [-0.39, 0.29) is 5.91 Å². The highest BCUT2D eigenvalue weighted by molar-refractivity contribution is 7.99. The molecule has 0 radical (unpaired) electrons. The molecule has 2 rings (SSSR count). The van der Waals surface area contributed by atoms with Gasteiger partial charge in [-0.15, -0.1) is 34.9 Å². The number of thioether (sulfide) groups is 2. The summed E-state index contributed by atoms with van der Waals surface area (Å²) in [6, 6.07) is 12.0. The van der Waals surface area contributed by atoms with E-state index < -0.39 is 0 Å². The van der Waals surface area contributed by atoms with Crippen molar-refractivity contribution >= 4 is 46.5 Å². The Hall–Kier alpha value is -0.910. The first-order valence-corrected chi connectivity index (χ1v) is 9.08. The molecule has 1 amide bonds. The minimum absolute atomic E-state index is 0.0541. The molecule has 19 heavy (non-hydrogen) atoms. The van der Waals surface area contributed by atoms with E-state index in [1.165, 1.54) is 9.77 Å². The number of rotatable bonds is 6. The van der Waals surface area contributed by atoms with Crippen LogP contribution in [0.2, 0.25) is 0 Å². The van der Waals surface area contributed by atoms with Crippen LogP contribution in [0.15, 0.2) is 46.7 Å². The Morgan fingerprint density at radius 2 is 2.05 bits per heavy atom. The first-order chi connectivity index (χ1) is 9.28. The minimum Gasteiger partial charge on any atom is -0.325 e. The SMILES string of the molecule is CSc1ccc(NC(=O)CSCc2cccs2)cc1. The highest BCUT2D eigenvalue weighted by Crippen LogP contribution is 2.19. The van der Waals surface area contributed by atoms with Gasteiger partial charge in [-0.25, -0.2) is 0 Å². The fourth-order valence-corrected chi connectivity index (χ4v) is 3.59. The van der Waals surface area contributed by atoms with Crippen molar-refractivity contribution in [2.24, 2.45) is 0 Å². The quantitative estimate of drug-likeness (QED) is 0.805. The van der Waals surface area contributed by atoms with Gasteiger partial charge in [0.1, 0.15) is 0 Å². The molecule has 2 aromatic rings. The van der Waals surface area contributed by atoms with Crippen molar-refractivity contribution in [2.75, 3.05) is 17.3 Å². The molecular formula is C14H15NOS3. The topological polar surface area (TPSA) is 29.1 Å². The molecule has 0 atom stereocenters. The van der Waals surface area contributed by atoms with Crippen molar-refractivity contribution in [3.63, 3.8) is 0 Å². The van der Waals surface area contributed by atoms with E-state index in [4.69, 9.17) is 0 Å². The Balaban J connectivity index is 1.74. The van der Waals surface area contributed by atoms with E-state index in [2.05, 4.69) is 16.8 Å². The van der Waals surface area contributed by atoms with Gasteiger partial charge in [-0.05, 0) is 42.0 Å². The van der Waals surface area contributed by atoms with Crippen LogP contribution in [0.1, 0.15) is 4.88 Å². The first-order valence-electron chi connectivity index (χ1n) is 5.82. The molecular weight excluding hydrogens is 294 g/mol. The normalized spacial score (nSPS) is 10.4. The molecule has 0 fully saturated rings. The second-order valence-corrected chi connectivity index (χ2v) is 6.75. The standard InChI is InChI=1S/C14H15NOS3/c1-17-12-6-4-11(5-7-12)15-14(16)10-18-9-13-3-2-8-19-13/h2-8H,9-10H2,1H3,(H,15,16). The van der Waals surface area contributed by atoms with Gasteiger partial charge in [0.05, 0.1) is 5.75 Å². The molecule has 0 aliphatic carbocycles. The molecule has 0 aliphatic heterocycles. The summed E-state index contributed by atoms with van der Waals surface area (Å²) in [5.74, 6) is 1.44. The smallest absolute Gasteiger partial charge is 0.234 e. The van der Waals surface area contributed by atoms with Gasteiger partial charge in [0.25, 0.3) is 0 Å². The van der Waals surface area contributed by atoms with Crippen LogP contribution in [-0.2, 0) is 10.5 Å². The zero-order chi connectivity index (χ0) is 13.5. The van der Waals surface area contributed by atoms with E-state index in [1.54, 1.807) is 34.9 Å². The van der Waals surface area contributed by atoms with Gasteiger partial charge in [-0.1, -0.05) is 6.07 Å². The zero-order valence-corrected chi connectivity index (χ0v) is 13.0. The number of benzene rings is 1. The Morgan fingerprint density at radius 1 is 1.26 bits per heavy atom. The predicted octanol–water partition coefficient (Wildman–Crippen LogP) is 4.34. The maximum absolute atomic E-state index is 11.8. The molecule has 1 N–H and O–H groups in total. The number of nitrogens with one attached hydrogen (secondary N) is 1. The molecule has 0 saturated heterocycles. The molecule has 0 unspecified atom stereocenters. The number of hydrogen-bond donors (Lipinski definition) is 1. The largest absolute Gasteiger partial charge is 0.325 e. The van der Waals surface area contributed by atoms with E-state index in [1.807, 2.05) is 36.6 Å². The van der Waals surface area contributed by atoms with Crippen molar-refractivity contribution in [1.82, 2.24) is 0 Å². The van der Waals surface area contributed by atoms with Crippen LogP contribution < -0.4 is 5.32 Å². The lowest BCUT2D eigenvalue weighted by Crippen LogP contribution is -2.13. The molecule has 100 valence electrons. The maximum Gasteiger partial charge on any atom is 0.234 e. The summed E-state index contributed by atoms with van der Waals surface area (Å²) in [5, 5.41) is 4.97. The van der Waals surface area contributed by atoms with Crippen LogP contribution in [0.4, 0.5) is 5.69 Å². The van der Waals surface area contributed by atoms with E-state index in [0.717, 1.165) is 11.4 Å². The fourth-order valence-electron chi connectivity index (χ4n) is 1.51. The van der Waals surface area contributed by atoms with Gasteiger partial charge in [0, 0.05) is 21.2 Å². The molecule has 0 spiro atoms. The van der Waals surface area contributed by atoms with E-state index in [9.17, 15) is 4.79 Å². The van der Waals surface area contributed by atoms with Crippen LogP contribution in [-0.4, -0.2) is 17.9 Å². The zero-order valence-electron chi connectivity index (χ0n) is 10.6. The molecule has 5 heteroatoms. The molecule has 0 bridgehead atoms. The highest BCUT2D eigenvalue weighted by atomic mass is 32.2. The number of carbonyl (C=O) groups is 1. The molecule has 1 heterocycles. The molecule has 2 nitrogen and oxygen atoms in total. The van der Waals surface area contributed by atoms with Gasteiger partial charge in [-0.2, -0.15) is 0 Å². The van der Waals surface area contributed by atoms with Gasteiger partial charge in [0.15, 0.2) is 0 Å². The summed E-state index contributed by atoms with van der Waals surface area (Å²) in [5.41, 5.74) is 0.861. The third kappa shape index (κ3) is 4.93. The van der Waals surface area contributed by atoms with Gasteiger partial charge in [0.2, 0.25) is 5.91 Å². The summed E-state index contributed by atoms with van der Waals surface area (Å²) in [6.45, 7) is 0. The Labute approximate surface area is 126 Å². The maximum atomic E-state index is 11.8. The first kappa shape index (κ1) is 14.5. The Bertz CT molecular complexity index is 508. The molecule has 0 saturated carbocycles. The monoisotopic (exact) mass is 309 g/mol. The number of carbonyl (C=O) groups excluding carboxylic acids is 1. The van der Waals surface area contributed by atoms with Crippen LogP contribution in [0.3, 0.4) is 0 Å². The summed E-state index contributed by atoms with van der Waals surface area (Å²) in [4.78, 5) is 14.3. The molecule has 1 aromatic carbocycles. The van der Waals surface area contributed by atoms with Gasteiger partial charge in [-0.3, -0.25) is 4.79 Å². The van der Waals surface area contributed by atoms with Crippen LogP contribution in [0, 0.1) is 0 Å². The lowest BCUT2D eigenvalue weighted by molar-refractivity contribution is -0.113. The Morgan fingerprint density at radius 3 is 2.68 bits per heavy atom. The second-order valence-electron chi connectivity index (χ2n) is 3.85. The summed E-state index contributed by atoms with van der Waals surface area (Å²) in [6.07, 6.45) is 2.04.